The van der Waals surface area contributed by atoms with Crippen LogP contribution in [0.25, 0.3) is 0 Å². The van der Waals surface area contributed by atoms with Gasteiger partial charge in [-0.25, -0.2) is 9.13 Å². The van der Waals surface area contributed by atoms with Gasteiger partial charge >= 0.3 is 15.6 Å². The first kappa shape index (κ1) is 15.0. The van der Waals surface area contributed by atoms with E-state index in [1.165, 1.54) is 6.08 Å². The minimum Gasteiger partial charge on any atom is -0.327 e. The summed E-state index contributed by atoms with van der Waals surface area (Å²) >= 11 is 0. The molecule has 0 aliphatic heterocycles. The molecule has 0 heterocycles. The molecule has 10 heteroatoms. The van der Waals surface area contributed by atoms with Gasteiger partial charge in [-0.1, -0.05) is 6.08 Å². The predicted octanol–water partition coefficient (Wildman–Crippen LogP) is 0.118. The third-order valence-corrected chi connectivity index (χ3v) is 3.26. The van der Waals surface area contributed by atoms with Gasteiger partial charge in [0.2, 0.25) is 0 Å². The molecule has 1 atom stereocenters. The van der Waals surface area contributed by atoms with E-state index in [-0.39, 0.29) is 13.2 Å². The summed E-state index contributed by atoms with van der Waals surface area (Å²) in [5, 5.41) is 0. The summed E-state index contributed by atoms with van der Waals surface area (Å²) in [5.74, 6) is 0. The average molecular weight is 261 g/mol. The molecule has 90 valence electrons. The van der Waals surface area contributed by atoms with Crippen molar-refractivity contribution in [2.75, 3.05) is 13.2 Å². The molecule has 0 fully saturated rings. The van der Waals surface area contributed by atoms with Crippen molar-refractivity contribution in [2.45, 2.75) is 6.92 Å². The van der Waals surface area contributed by atoms with Crippen molar-refractivity contribution in [3.8, 4) is 0 Å². The summed E-state index contributed by atoms with van der Waals surface area (Å²) < 4.78 is 29.0. The fraction of sp³-hybridized carbons (Fsp3) is 0.600. The van der Waals surface area contributed by atoms with Gasteiger partial charge in [-0.15, -0.1) is 0 Å². The number of hydrogen-bond donors (Lipinski definition) is 4. The average Bonchev–Trinajstić information content (AvgIpc) is 1.97. The van der Waals surface area contributed by atoms with E-state index in [1.807, 2.05) is 0 Å². The normalized spacial score (nSPS) is 17.5. The van der Waals surface area contributed by atoms with Crippen LogP contribution in [0.2, 0.25) is 0 Å². The Bertz CT molecular complexity index is 321. The standard InChI is InChI=1S/C5H13NO7P2/c1-5(2-3-6)4-12-15(10,11)13-14(7,8)9/h2H,3-4,6H2,1H3,(H,10,11)(H2,7,8,9)/b5-2+. The first-order valence-electron chi connectivity index (χ1n) is 3.76. The highest BCUT2D eigenvalue weighted by Gasteiger charge is 2.32. The van der Waals surface area contributed by atoms with Gasteiger partial charge < -0.3 is 20.4 Å². The number of nitrogens with two attached hydrogens (primary N) is 1. The molecule has 0 aromatic heterocycles. The Morgan fingerprint density at radius 2 is 1.93 bits per heavy atom. The van der Waals surface area contributed by atoms with Gasteiger partial charge in [0.1, 0.15) is 0 Å². The summed E-state index contributed by atoms with van der Waals surface area (Å²) in [7, 11) is -9.78. The fourth-order valence-electron chi connectivity index (χ4n) is 0.601. The third kappa shape index (κ3) is 8.92. The minimum atomic E-state index is -5.04. The largest absolute Gasteiger partial charge is 0.481 e. The Morgan fingerprint density at radius 3 is 2.33 bits per heavy atom. The first-order valence-corrected chi connectivity index (χ1v) is 6.79. The van der Waals surface area contributed by atoms with E-state index in [4.69, 9.17) is 20.4 Å². The van der Waals surface area contributed by atoms with Crippen LogP contribution in [0.15, 0.2) is 11.6 Å². The van der Waals surface area contributed by atoms with Gasteiger partial charge in [0.05, 0.1) is 6.61 Å². The molecule has 0 saturated carbocycles. The molecule has 1 unspecified atom stereocenters. The molecule has 0 radical (unpaired) electrons. The molecule has 0 aliphatic carbocycles. The monoisotopic (exact) mass is 261 g/mol. The topological polar surface area (TPSA) is 139 Å². The second-order valence-electron chi connectivity index (χ2n) is 2.60. The fourth-order valence-corrected chi connectivity index (χ4v) is 2.23. The lowest BCUT2D eigenvalue weighted by Gasteiger charge is -2.12. The van der Waals surface area contributed by atoms with Crippen LogP contribution in [0.5, 0.6) is 0 Å². The maximum atomic E-state index is 10.9. The molecule has 0 aromatic rings. The highest BCUT2D eigenvalue weighted by atomic mass is 31.3. The molecular weight excluding hydrogens is 248 g/mol. The van der Waals surface area contributed by atoms with E-state index in [2.05, 4.69) is 8.83 Å². The second kappa shape index (κ2) is 5.89. The van der Waals surface area contributed by atoms with Crippen molar-refractivity contribution in [2.24, 2.45) is 5.73 Å². The van der Waals surface area contributed by atoms with Crippen LogP contribution >= 0.6 is 15.6 Å². The van der Waals surface area contributed by atoms with Crippen LogP contribution < -0.4 is 5.73 Å². The molecule has 5 N–H and O–H groups in total. The lowest BCUT2D eigenvalue weighted by atomic mass is 10.3. The number of rotatable bonds is 6. The summed E-state index contributed by atoms with van der Waals surface area (Å²) in [6.45, 7) is 1.50. The zero-order chi connectivity index (χ0) is 12.1. The van der Waals surface area contributed by atoms with E-state index in [0.29, 0.717) is 5.57 Å². The van der Waals surface area contributed by atoms with E-state index >= 15 is 0 Å². The quantitative estimate of drug-likeness (QED) is 0.390. The third-order valence-electron chi connectivity index (χ3n) is 1.13. The lowest BCUT2D eigenvalue weighted by Crippen LogP contribution is -2.00. The Morgan fingerprint density at radius 1 is 1.40 bits per heavy atom. The van der Waals surface area contributed by atoms with E-state index in [9.17, 15) is 9.13 Å². The zero-order valence-electron chi connectivity index (χ0n) is 7.94. The molecule has 0 amide bonds. The maximum Gasteiger partial charge on any atom is 0.481 e. The van der Waals surface area contributed by atoms with Crippen LogP contribution in [-0.4, -0.2) is 27.8 Å². The van der Waals surface area contributed by atoms with E-state index in [1.54, 1.807) is 6.92 Å². The highest BCUT2D eigenvalue weighted by Crippen LogP contribution is 2.57. The molecule has 0 rings (SSSR count). The molecule has 0 bridgehead atoms. The van der Waals surface area contributed by atoms with Crippen molar-refractivity contribution in [3.63, 3.8) is 0 Å². The van der Waals surface area contributed by atoms with Gasteiger partial charge in [-0.3, -0.25) is 4.52 Å². The second-order valence-corrected chi connectivity index (χ2v) is 5.43. The van der Waals surface area contributed by atoms with E-state index < -0.39 is 15.6 Å². The molecule has 15 heavy (non-hydrogen) atoms. The van der Waals surface area contributed by atoms with Crippen LogP contribution in [0, 0.1) is 0 Å². The van der Waals surface area contributed by atoms with Gasteiger partial charge in [0, 0.05) is 6.54 Å². The Hall–Kier alpha value is -0.0400. The molecule has 8 nitrogen and oxygen atoms in total. The van der Waals surface area contributed by atoms with Gasteiger partial charge in [0.25, 0.3) is 0 Å². The van der Waals surface area contributed by atoms with Crippen molar-refractivity contribution < 1.29 is 32.6 Å². The predicted molar refractivity (Wildman–Crippen MR) is 51.7 cm³/mol. The summed E-state index contributed by atoms with van der Waals surface area (Å²) in [6.07, 6.45) is 1.53. The smallest absolute Gasteiger partial charge is 0.327 e. The molecule has 0 spiro atoms. The van der Waals surface area contributed by atoms with Crippen molar-refractivity contribution in [1.82, 2.24) is 0 Å². The van der Waals surface area contributed by atoms with Crippen LogP contribution in [0.4, 0.5) is 0 Å². The van der Waals surface area contributed by atoms with Gasteiger partial charge in [-0.2, -0.15) is 4.31 Å². The van der Waals surface area contributed by atoms with Crippen LogP contribution in [0.3, 0.4) is 0 Å². The molecule has 0 saturated heterocycles. The van der Waals surface area contributed by atoms with Crippen LogP contribution in [0.1, 0.15) is 6.92 Å². The zero-order valence-corrected chi connectivity index (χ0v) is 9.73. The number of phosphoric acid groups is 2. The minimum absolute atomic E-state index is 0.226. The Labute approximate surface area is 86.6 Å². The Kier molecular flexibility index (Phi) is 5.87. The molecule has 0 aliphatic rings. The van der Waals surface area contributed by atoms with Crippen molar-refractivity contribution in [1.29, 1.82) is 0 Å². The Balaban J connectivity index is 4.23. The summed E-state index contributed by atoms with van der Waals surface area (Å²) in [4.78, 5) is 25.4. The highest BCUT2D eigenvalue weighted by molar-refractivity contribution is 7.60. The molecule has 0 aromatic carbocycles. The van der Waals surface area contributed by atoms with Crippen molar-refractivity contribution in [3.05, 3.63) is 11.6 Å². The number of phosphoric ester groups is 1. The first-order chi connectivity index (χ1) is 6.66. The summed E-state index contributed by atoms with van der Waals surface area (Å²) in [6, 6.07) is 0. The van der Waals surface area contributed by atoms with Crippen LogP contribution in [-0.2, 0) is 18.0 Å². The number of hydrogen-bond acceptors (Lipinski definition) is 5. The molecular formula is C5H13NO7P2. The SMILES string of the molecule is C/C(=C\CN)COP(=O)(O)OP(=O)(O)O. The van der Waals surface area contributed by atoms with Gasteiger partial charge in [-0.05, 0) is 12.5 Å². The van der Waals surface area contributed by atoms with Crippen molar-refractivity contribution >= 4 is 15.6 Å². The van der Waals surface area contributed by atoms with E-state index in [0.717, 1.165) is 0 Å². The maximum absolute atomic E-state index is 10.9. The lowest BCUT2D eigenvalue weighted by molar-refractivity contribution is 0.188. The van der Waals surface area contributed by atoms with Gasteiger partial charge in [0.15, 0.2) is 0 Å². The summed E-state index contributed by atoms with van der Waals surface area (Å²) in [5.41, 5.74) is 5.69.